The number of nitrogens with zero attached hydrogens (tertiary/aromatic N) is 1. The van der Waals surface area contributed by atoms with E-state index in [1.54, 1.807) is 13.1 Å². The highest BCUT2D eigenvalue weighted by atomic mass is 35.5. The summed E-state index contributed by atoms with van der Waals surface area (Å²) in [6, 6.07) is 9.58. The van der Waals surface area contributed by atoms with Crippen molar-refractivity contribution in [3.05, 3.63) is 36.5 Å². The molecule has 0 fully saturated rings. The Morgan fingerprint density at radius 1 is 1.43 bits per heavy atom. The highest BCUT2D eigenvalue weighted by Gasteiger charge is 2.05. The van der Waals surface area contributed by atoms with Crippen LogP contribution in [0.3, 0.4) is 0 Å². The first kappa shape index (κ1) is 15.1. The van der Waals surface area contributed by atoms with E-state index in [1.165, 1.54) is 0 Å². The molecule has 1 amide bonds. The van der Waals surface area contributed by atoms with E-state index >= 15 is 0 Å². The number of carbonyl (C=O) groups excluding carboxylic acids is 1. The van der Waals surface area contributed by atoms with Gasteiger partial charge in [-0.25, -0.2) is 0 Å². The van der Waals surface area contributed by atoms with Gasteiger partial charge in [0.25, 0.3) is 0 Å². The number of nitrogens with one attached hydrogen (secondary N) is 1. The fraction of sp³-hybridized carbons (Fsp3) is 0.250. The lowest BCUT2D eigenvalue weighted by atomic mass is 10.2. The maximum Gasteiger partial charge on any atom is 0.238 e. The van der Waals surface area contributed by atoms with Gasteiger partial charge in [0.1, 0.15) is 17.7 Å². The first-order valence-corrected chi connectivity index (χ1v) is 6.95. The molecule has 1 heterocycles. The number of halogens is 1. The lowest BCUT2D eigenvalue weighted by molar-refractivity contribution is -0.120. The largest absolute Gasteiger partial charge is 0.481 e. The number of pyridine rings is 1. The van der Waals surface area contributed by atoms with Gasteiger partial charge in [-0.1, -0.05) is 17.9 Å². The Morgan fingerprint density at radius 3 is 3.10 bits per heavy atom. The number of benzene rings is 1. The molecule has 5 heteroatoms. The molecule has 1 aromatic carbocycles. The summed E-state index contributed by atoms with van der Waals surface area (Å²) in [4.78, 5) is 15.4. The van der Waals surface area contributed by atoms with Gasteiger partial charge in [0, 0.05) is 17.6 Å². The molecular weight excluding hydrogens is 288 g/mol. The van der Waals surface area contributed by atoms with E-state index in [2.05, 4.69) is 22.1 Å². The molecule has 4 nitrogen and oxygen atoms in total. The number of amides is 1. The van der Waals surface area contributed by atoms with E-state index in [-0.39, 0.29) is 19.1 Å². The Labute approximate surface area is 128 Å². The van der Waals surface area contributed by atoms with Crippen molar-refractivity contribution in [2.45, 2.75) is 12.3 Å². The molecular formula is C16H15ClN2O2. The van der Waals surface area contributed by atoms with Crippen molar-refractivity contribution >= 4 is 28.4 Å². The molecule has 2 aromatic rings. The van der Waals surface area contributed by atoms with E-state index < -0.39 is 5.38 Å². The molecule has 0 saturated carbocycles. The number of rotatable bonds is 4. The number of hydrogen-bond donors (Lipinski definition) is 1. The second kappa shape index (κ2) is 7.51. The van der Waals surface area contributed by atoms with Crippen LogP contribution >= 0.6 is 11.6 Å². The maximum atomic E-state index is 11.2. The minimum Gasteiger partial charge on any atom is -0.481 e. The van der Waals surface area contributed by atoms with Crippen molar-refractivity contribution in [3.63, 3.8) is 0 Å². The van der Waals surface area contributed by atoms with Crippen molar-refractivity contribution in [1.29, 1.82) is 0 Å². The zero-order valence-corrected chi connectivity index (χ0v) is 12.4. The Balaban J connectivity index is 1.81. The van der Waals surface area contributed by atoms with E-state index in [9.17, 15) is 4.79 Å². The van der Waals surface area contributed by atoms with Crippen LogP contribution in [0, 0.1) is 11.8 Å². The SMILES string of the molecule is CC(Cl)C(=O)NCC#CCOc1ccc2cccnc2c1. The standard InChI is InChI=1S/C16H15ClN2O2/c1-12(17)16(20)19-8-2-3-10-21-14-7-6-13-5-4-9-18-15(13)11-14/h4-7,9,11-12H,8,10H2,1H3,(H,19,20). The van der Waals surface area contributed by atoms with Gasteiger partial charge < -0.3 is 10.1 Å². The summed E-state index contributed by atoms with van der Waals surface area (Å²) >= 11 is 5.61. The third kappa shape index (κ3) is 4.66. The Hall–Kier alpha value is -2.25. The van der Waals surface area contributed by atoms with Crippen LogP contribution in [0.5, 0.6) is 5.75 Å². The van der Waals surface area contributed by atoms with Crippen LogP contribution in [0.2, 0.25) is 0 Å². The van der Waals surface area contributed by atoms with Gasteiger partial charge >= 0.3 is 0 Å². The van der Waals surface area contributed by atoms with E-state index in [0.717, 1.165) is 10.9 Å². The monoisotopic (exact) mass is 302 g/mol. The van der Waals surface area contributed by atoms with Gasteiger partial charge in [-0.15, -0.1) is 11.6 Å². The molecule has 0 saturated heterocycles. The number of fused-ring (bicyclic) bond motifs is 1. The third-order valence-electron chi connectivity index (χ3n) is 2.73. The lowest BCUT2D eigenvalue weighted by Gasteiger charge is -2.03. The highest BCUT2D eigenvalue weighted by molar-refractivity contribution is 6.30. The van der Waals surface area contributed by atoms with Crippen molar-refractivity contribution in [3.8, 4) is 17.6 Å². The first-order valence-electron chi connectivity index (χ1n) is 6.52. The minimum absolute atomic E-state index is 0.229. The molecule has 0 aliphatic carbocycles. The third-order valence-corrected chi connectivity index (χ3v) is 2.92. The number of carbonyl (C=O) groups is 1. The number of alkyl halides is 1. The summed E-state index contributed by atoms with van der Waals surface area (Å²) in [5.41, 5.74) is 0.881. The molecule has 1 N–H and O–H groups in total. The lowest BCUT2D eigenvalue weighted by Crippen LogP contribution is -2.29. The summed E-state index contributed by atoms with van der Waals surface area (Å²) in [6.07, 6.45) is 1.74. The van der Waals surface area contributed by atoms with E-state index in [1.807, 2.05) is 30.3 Å². The van der Waals surface area contributed by atoms with Crippen molar-refractivity contribution in [2.24, 2.45) is 0 Å². The quantitative estimate of drug-likeness (QED) is 0.697. The highest BCUT2D eigenvalue weighted by Crippen LogP contribution is 2.18. The molecule has 0 spiro atoms. The van der Waals surface area contributed by atoms with Gasteiger partial charge in [-0.05, 0) is 25.1 Å². The smallest absolute Gasteiger partial charge is 0.238 e. The van der Waals surface area contributed by atoms with Crippen LogP contribution in [0.4, 0.5) is 0 Å². The van der Waals surface area contributed by atoms with E-state index in [0.29, 0.717) is 5.75 Å². The van der Waals surface area contributed by atoms with Crippen LogP contribution in [0.25, 0.3) is 10.9 Å². The number of aromatic nitrogens is 1. The first-order chi connectivity index (χ1) is 10.2. The topological polar surface area (TPSA) is 51.2 Å². The number of ether oxygens (including phenoxy) is 1. The molecule has 1 unspecified atom stereocenters. The van der Waals surface area contributed by atoms with Crippen molar-refractivity contribution < 1.29 is 9.53 Å². The molecule has 0 radical (unpaired) electrons. The fourth-order valence-corrected chi connectivity index (χ4v) is 1.72. The van der Waals surface area contributed by atoms with Crippen LogP contribution in [-0.2, 0) is 4.79 Å². The summed E-state index contributed by atoms with van der Waals surface area (Å²) in [5, 5.41) is 3.11. The van der Waals surface area contributed by atoms with Gasteiger partial charge in [0.05, 0.1) is 12.1 Å². The second-order valence-electron chi connectivity index (χ2n) is 4.33. The second-order valence-corrected chi connectivity index (χ2v) is 4.99. The zero-order valence-electron chi connectivity index (χ0n) is 11.6. The Bertz CT molecular complexity index is 689. The van der Waals surface area contributed by atoms with Gasteiger partial charge in [0.15, 0.2) is 0 Å². The van der Waals surface area contributed by atoms with Crippen LogP contribution in [0.15, 0.2) is 36.5 Å². The average molecular weight is 303 g/mol. The van der Waals surface area contributed by atoms with Crippen LogP contribution < -0.4 is 10.1 Å². The molecule has 0 aliphatic rings. The molecule has 0 aliphatic heterocycles. The van der Waals surface area contributed by atoms with Crippen LogP contribution in [0.1, 0.15) is 6.92 Å². The van der Waals surface area contributed by atoms with Gasteiger partial charge in [-0.2, -0.15) is 0 Å². The molecule has 108 valence electrons. The van der Waals surface area contributed by atoms with Crippen LogP contribution in [-0.4, -0.2) is 29.4 Å². The molecule has 0 bridgehead atoms. The average Bonchev–Trinajstić information content (AvgIpc) is 2.50. The number of hydrogen-bond acceptors (Lipinski definition) is 3. The molecule has 1 atom stereocenters. The zero-order chi connectivity index (χ0) is 15.1. The summed E-state index contributed by atoms with van der Waals surface area (Å²) < 4.78 is 5.52. The van der Waals surface area contributed by atoms with Gasteiger partial charge in [-0.3, -0.25) is 9.78 Å². The molecule has 1 aromatic heterocycles. The Morgan fingerprint density at radius 2 is 2.29 bits per heavy atom. The summed E-state index contributed by atoms with van der Waals surface area (Å²) in [5.74, 6) is 6.11. The van der Waals surface area contributed by atoms with Crippen molar-refractivity contribution in [1.82, 2.24) is 10.3 Å². The normalized spacial score (nSPS) is 11.3. The minimum atomic E-state index is -0.548. The fourth-order valence-electron chi connectivity index (χ4n) is 1.64. The maximum absolute atomic E-state index is 11.2. The Kier molecular flexibility index (Phi) is 5.42. The van der Waals surface area contributed by atoms with Gasteiger partial charge in [0.2, 0.25) is 5.91 Å². The van der Waals surface area contributed by atoms with Crippen molar-refractivity contribution in [2.75, 3.05) is 13.2 Å². The van der Waals surface area contributed by atoms with E-state index in [4.69, 9.17) is 16.3 Å². The summed E-state index contributed by atoms with van der Waals surface area (Å²) in [7, 11) is 0. The predicted molar refractivity (Wildman–Crippen MR) is 83.3 cm³/mol. The molecule has 2 rings (SSSR count). The summed E-state index contributed by atoms with van der Waals surface area (Å²) in [6.45, 7) is 2.13. The predicted octanol–water partition coefficient (Wildman–Crippen LogP) is 2.36. The molecule has 21 heavy (non-hydrogen) atoms.